The zero-order valence-corrected chi connectivity index (χ0v) is 78.0. The first-order chi connectivity index (χ1) is 63.7. The fourth-order valence-electron chi connectivity index (χ4n) is 16.8. The molecule has 0 amide bonds. The molecule has 8 aliphatic rings. The average Bonchev–Trinajstić information content (AvgIpc) is 1.66. The molecule has 2 unspecified atom stereocenters. The van der Waals surface area contributed by atoms with Crippen molar-refractivity contribution in [3.8, 4) is 45.0 Å². The topological polar surface area (TPSA) is 478 Å². The number of piperazine rings is 2. The quantitative estimate of drug-likeness (QED) is 0.0792. The Morgan fingerprint density at radius 2 is 0.636 bits per heavy atom. The molecule has 12 aromatic rings. The highest BCUT2D eigenvalue weighted by molar-refractivity contribution is 7.97. The first-order valence-electron chi connectivity index (χ1n) is 44.2. The van der Waals surface area contributed by atoms with Gasteiger partial charge in [0.1, 0.15) is 27.8 Å². The third-order valence-corrected chi connectivity index (χ3v) is 29.6. The molecule has 0 aromatic carbocycles. The number of nitrogens with two attached hydrogens (primary N) is 4. The summed E-state index contributed by atoms with van der Waals surface area (Å²) in [6.45, 7) is 29.7. The van der Waals surface area contributed by atoms with Gasteiger partial charge in [0, 0.05) is 267 Å². The number of halogens is 1. The Morgan fingerprint density at radius 3 is 0.970 bits per heavy atom. The molecule has 8 N–H and O–H groups in total. The van der Waals surface area contributed by atoms with E-state index >= 15 is 0 Å². The monoisotopic (exact) mass is 1890 g/mol. The predicted octanol–water partition coefficient (Wildman–Crippen LogP) is 1.91. The molecule has 0 radical (unpaired) electrons. The van der Waals surface area contributed by atoms with Gasteiger partial charge >= 0.3 is 0 Å². The van der Waals surface area contributed by atoms with Gasteiger partial charge in [0.2, 0.25) is 33.8 Å². The van der Waals surface area contributed by atoms with Crippen molar-refractivity contribution in [2.75, 3.05) is 265 Å². The average molecular weight is 1890 g/mol. The maximum absolute atomic E-state index is 12.5. The summed E-state index contributed by atoms with van der Waals surface area (Å²) in [4.78, 5) is 70.8. The molecule has 132 heavy (non-hydrogen) atoms. The largest absolute Gasteiger partial charge is 0.379 e. The third-order valence-electron chi connectivity index (χ3n) is 24.0. The third kappa shape index (κ3) is 22.4. The minimum atomic E-state index is -3.22. The Bertz CT molecular complexity index is 6320. The van der Waals surface area contributed by atoms with Gasteiger partial charge in [-0.05, 0) is 62.8 Å². The first kappa shape index (κ1) is 92.8. The minimum absolute atomic E-state index is 0.188. The molecular formula is C84H114ClN35O9S3. The van der Waals surface area contributed by atoms with Gasteiger partial charge in [-0.15, -0.1) is 0 Å². The normalized spacial score (nSPS) is 19.3. The number of rotatable bonds is 20. The summed E-state index contributed by atoms with van der Waals surface area (Å²) in [6, 6.07) is 8.37. The van der Waals surface area contributed by atoms with E-state index in [0.29, 0.717) is 114 Å². The molecule has 8 saturated heterocycles. The number of hydrogen-bond acceptors (Lipinski definition) is 37. The molecule has 2 atom stereocenters. The molecule has 8 aliphatic heterocycles. The van der Waals surface area contributed by atoms with Crippen molar-refractivity contribution in [2.24, 2.45) is 0 Å². The number of morpholine rings is 5. The van der Waals surface area contributed by atoms with Crippen LogP contribution in [0.15, 0.2) is 92.4 Å². The van der Waals surface area contributed by atoms with Crippen LogP contribution in [0.4, 0.5) is 47.1 Å². The molecule has 704 valence electrons. The Labute approximate surface area is 770 Å². The molecule has 12 aromatic heterocycles. The van der Waals surface area contributed by atoms with Crippen molar-refractivity contribution < 1.29 is 40.5 Å². The number of anilines is 8. The summed E-state index contributed by atoms with van der Waals surface area (Å²) in [7, 11) is -7.57. The van der Waals surface area contributed by atoms with E-state index in [0.717, 1.165) is 247 Å². The summed E-state index contributed by atoms with van der Waals surface area (Å²) >= 11 is 6.80. The van der Waals surface area contributed by atoms with E-state index < -0.39 is 34.7 Å². The number of hydrogen-bond donors (Lipinski definition) is 4. The van der Waals surface area contributed by atoms with Crippen LogP contribution in [-0.2, 0) is 79.3 Å². The minimum Gasteiger partial charge on any atom is -0.379 e. The van der Waals surface area contributed by atoms with E-state index in [4.69, 9.17) is 98.6 Å². The number of ether oxygens (including phenoxy) is 5. The van der Waals surface area contributed by atoms with Crippen molar-refractivity contribution in [3.05, 3.63) is 120 Å². The van der Waals surface area contributed by atoms with Crippen LogP contribution in [0.2, 0.25) is 5.15 Å². The lowest BCUT2D eigenvalue weighted by Crippen LogP contribution is -2.50. The molecule has 20 heterocycles. The Hall–Kier alpha value is -11.0. The Kier molecular flexibility index (Phi) is 29.0. The molecule has 48 heteroatoms. The van der Waals surface area contributed by atoms with Gasteiger partial charge in [-0.3, -0.25) is 28.0 Å². The van der Waals surface area contributed by atoms with E-state index in [1.807, 2.05) is 46.8 Å². The molecule has 0 aliphatic carbocycles. The summed E-state index contributed by atoms with van der Waals surface area (Å²) < 4.78 is 90.1. The Morgan fingerprint density at radius 1 is 0.356 bits per heavy atom. The molecule has 0 bridgehead atoms. The van der Waals surface area contributed by atoms with E-state index in [2.05, 4.69) is 109 Å². The van der Waals surface area contributed by atoms with Gasteiger partial charge in [0.15, 0.2) is 28.4 Å². The van der Waals surface area contributed by atoms with Gasteiger partial charge in [0.05, 0.1) is 130 Å². The van der Waals surface area contributed by atoms with Gasteiger partial charge in [-0.1, -0.05) is 11.6 Å². The smallest absolute Gasteiger partial charge is 0.219 e. The van der Waals surface area contributed by atoms with Gasteiger partial charge in [-0.25, -0.2) is 94.9 Å². The number of aromatic nitrogens is 20. The lowest BCUT2D eigenvalue weighted by molar-refractivity contribution is 0.0336. The maximum Gasteiger partial charge on any atom is 0.219 e. The van der Waals surface area contributed by atoms with Crippen molar-refractivity contribution in [1.29, 1.82) is 0 Å². The standard InChI is InChI=1S/C22H31N9O3S.C22H31N9O2S.C21H28ClN9O2S.C19H24N8O2/c1-16(2)35(32,33)30-5-3-28(4-6-30)14-18-11-20-21(29-7-9-34-10-8-29)26-19(15-31(20)27-18)17-12-24-22(23)25-13-17;1-34(2,32)30-5-3-4-28(6-7-30)15-18-12-20-21(29-8-10-33-11-9-29)26-19(16-31(20)27-18)17-13-24-22(23)25-14-17;1-34(2,32)30-5-3-28(4-6-30)14-16-11-17-20(29-7-9-33-10-8-29)26-18(19(22)31(17)27-16)15-12-24-21(23)25-13-15;20-19-21-10-14(11-22-19)16-13-27-17(18(23-16)26-3-7-29-8-4-26)9-15(24-27)12-25-1-5-28-6-2-25/h11-13,15-16H,3-10,14H2,1-2H3,(H2,23,24,25);12-14,16H,1,3-11,15H2,2H3,(H2,23,24,25);11-13H,1,3-10,14H2,2H3,(H2,23,24,25);9-11,13H,1-8,12H2,(H2,20,21,22). The Balaban J connectivity index is 0.000000123. The van der Waals surface area contributed by atoms with Crippen LogP contribution >= 0.6 is 11.6 Å². The summed E-state index contributed by atoms with van der Waals surface area (Å²) in [5.41, 5.74) is 35.9. The zero-order valence-electron chi connectivity index (χ0n) is 74.8. The molecule has 44 nitrogen and oxygen atoms in total. The van der Waals surface area contributed by atoms with Crippen LogP contribution in [-0.4, -0.2) is 387 Å². The molecule has 0 saturated carbocycles. The van der Waals surface area contributed by atoms with Crippen molar-refractivity contribution >= 4 is 122 Å². The second-order valence-electron chi connectivity index (χ2n) is 33.8. The molecule has 0 spiro atoms. The van der Waals surface area contributed by atoms with E-state index in [9.17, 15) is 16.8 Å². The van der Waals surface area contributed by atoms with Gasteiger partial charge < -0.3 is 66.2 Å². The highest BCUT2D eigenvalue weighted by Gasteiger charge is 2.33. The summed E-state index contributed by atoms with van der Waals surface area (Å²) in [6.07, 6.45) is 23.4. The van der Waals surface area contributed by atoms with Crippen LogP contribution in [0.25, 0.3) is 67.1 Å². The van der Waals surface area contributed by atoms with Crippen molar-refractivity contribution in [3.63, 3.8) is 0 Å². The summed E-state index contributed by atoms with van der Waals surface area (Å²) in [5, 5.41) is 19.4. The zero-order chi connectivity index (χ0) is 91.8. The van der Waals surface area contributed by atoms with Crippen molar-refractivity contribution in [2.45, 2.75) is 51.7 Å². The second-order valence-corrected chi connectivity index (χ2v) is 41.5. The van der Waals surface area contributed by atoms with E-state index in [1.54, 1.807) is 84.8 Å². The number of nitrogens with zero attached hydrogens (tertiary/aromatic N) is 31. The maximum atomic E-state index is 12.5. The fourth-order valence-corrected chi connectivity index (χ4v) is 20.3. The van der Waals surface area contributed by atoms with Gasteiger partial charge in [0.25, 0.3) is 0 Å². The molecule has 20 rings (SSSR count). The highest BCUT2D eigenvalue weighted by Crippen LogP contribution is 2.36. The van der Waals surface area contributed by atoms with Crippen LogP contribution < -0.4 is 42.5 Å². The molecular weight excluding hydrogens is 1770 g/mol. The van der Waals surface area contributed by atoms with E-state index in [1.165, 1.54) is 0 Å². The molecule has 8 fully saturated rings. The predicted molar refractivity (Wildman–Crippen MR) is 509 cm³/mol. The first-order valence-corrected chi connectivity index (χ1v) is 50.3. The van der Waals surface area contributed by atoms with Crippen molar-refractivity contribution in [1.82, 2.24) is 131 Å². The number of sulfonamides is 1. The lowest BCUT2D eigenvalue weighted by atomic mass is 10.2. The van der Waals surface area contributed by atoms with Crippen LogP contribution in [0, 0.1) is 0 Å². The van der Waals surface area contributed by atoms with Gasteiger partial charge in [-0.2, -0.15) is 24.7 Å². The summed E-state index contributed by atoms with van der Waals surface area (Å²) in [5.74, 6) is 11.9. The van der Waals surface area contributed by atoms with Crippen LogP contribution in [0.3, 0.4) is 0 Å². The second kappa shape index (κ2) is 41.2. The lowest BCUT2D eigenvalue weighted by Gasteiger charge is -2.34. The van der Waals surface area contributed by atoms with E-state index in [-0.39, 0.29) is 23.8 Å². The SMILES string of the molecule is C=S(C)(=O)N1CCCN(Cc2cc3c(N4CCOCC4)nc(-c4cnc(N)nc4)cn3n2)CC1.C=S(C)(=O)N1CCN(Cc2cc3c(N4CCOCC4)nc(-c4cnc(N)nc4)c(Cl)n3n2)CC1.CC(C)S(=O)(=O)N1CCN(Cc2cc3c(N4CCOCC4)nc(-c4cnc(N)nc4)cn3n2)CC1.Nc1ncc(-c2cn3nc(CN4CCOCC4)cc3c(N3CCOCC3)n2)cn1. The highest BCUT2D eigenvalue weighted by atomic mass is 35.5. The number of nitrogen functional groups attached to an aromatic ring is 4. The fraction of sp³-hybridized carbons (Fsp3) is 0.500. The van der Waals surface area contributed by atoms with Crippen LogP contribution in [0.1, 0.15) is 43.0 Å². The number of fused-ring (bicyclic) bond motifs is 4. The van der Waals surface area contributed by atoms with Crippen LogP contribution in [0.5, 0.6) is 0 Å².